The summed E-state index contributed by atoms with van der Waals surface area (Å²) in [6.07, 6.45) is 2.03. The van der Waals surface area contributed by atoms with E-state index in [1.54, 1.807) is 0 Å². The molecule has 1 heterocycles. The maximum Gasteiger partial charge on any atom is 0.0708 e. The summed E-state index contributed by atoms with van der Waals surface area (Å²) in [6.45, 7) is 14.4. The normalized spacial score (nSPS) is 19.5. The molecule has 0 spiro atoms. The summed E-state index contributed by atoms with van der Waals surface area (Å²) >= 11 is 3.56. The van der Waals surface area contributed by atoms with E-state index in [1.807, 2.05) is 12.3 Å². The second kappa shape index (κ2) is 5.42. The van der Waals surface area contributed by atoms with Gasteiger partial charge in [0.25, 0.3) is 0 Å². The summed E-state index contributed by atoms with van der Waals surface area (Å²) in [5.74, 6) is 0. The highest BCUT2D eigenvalue weighted by Gasteiger charge is 2.56. The minimum Gasteiger partial charge on any atom is -0.256 e. The number of benzene rings is 2. The van der Waals surface area contributed by atoms with E-state index in [9.17, 15) is 0 Å². The van der Waals surface area contributed by atoms with Crippen molar-refractivity contribution in [2.24, 2.45) is 5.41 Å². The van der Waals surface area contributed by atoms with E-state index in [0.29, 0.717) is 0 Å². The predicted octanol–water partition coefficient (Wildman–Crippen LogP) is 7.26. The van der Waals surface area contributed by atoms with Crippen molar-refractivity contribution in [3.8, 4) is 11.3 Å². The van der Waals surface area contributed by atoms with E-state index >= 15 is 0 Å². The molecule has 3 aromatic rings. The van der Waals surface area contributed by atoms with Gasteiger partial charge in [-0.1, -0.05) is 75.7 Å². The van der Waals surface area contributed by atoms with Crippen molar-refractivity contribution in [3.63, 3.8) is 0 Å². The molecule has 0 atom stereocenters. The highest BCUT2D eigenvalue weighted by Crippen LogP contribution is 2.61. The second-order valence-electron chi connectivity index (χ2n) is 9.20. The Bertz CT molecular complexity index is 1030. The summed E-state index contributed by atoms with van der Waals surface area (Å²) in [5, 5.41) is 2.50. The quantitative estimate of drug-likeness (QED) is 0.413. The molecule has 0 N–H and O–H groups in total. The maximum absolute atomic E-state index is 4.74. The van der Waals surface area contributed by atoms with Gasteiger partial charge in [0.2, 0.25) is 0 Å². The van der Waals surface area contributed by atoms with Crippen LogP contribution in [0.15, 0.2) is 53.1 Å². The molecule has 0 amide bonds. The lowest BCUT2D eigenvalue weighted by atomic mass is 9.59. The van der Waals surface area contributed by atoms with E-state index in [1.165, 1.54) is 21.9 Å². The lowest BCUT2D eigenvalue weighted by Crippen LogP contribution is -2.42. The lowest BCUT2D eigenvalue weighted by molar-refractivity contribution is 0.125. The molecule has 1 nitrogen and oxygen atoms in total. The van der Waals surface area contributed by atoms with Gasteiger partial charge in [0.15, 0.2) is 0 Å². The molecule has 1 aromatic heterocycles. The maximum atomic E-state index is 4.74. The van der Waals surface area contributed by atoms with Crippen molar-refractivity contribution >= 4 is 26.7 Å². The van der Waals surface area contributed by atoms with Crippen LogP contribution in [0.4, 0.5) is 0 Å². The summed E-state index contributed by atoms with van der Waals surface area (Å²) in [7, 11) is 0. The van der Waals surface area contributed by atoms with Gasteiger partial charge in [-0.15, -0.1) is 0 Å². The Hall–Kier alpha value is -1.67. The molecule has 0 unspecified atom stereocenters. The largest absolute Gasteiger partial charge is 0.256 e. The third kappa shape index (κ3) is 2.24. The van der Waals surface area contributed by atoms with E-state index in [-0.39, 0.29) is 16.2 Å². The van der Waals surface area contributed by atoms with Crippen molar-refractivity contribution < 1.29 is 0 Å². The van der Waals surface area contributed by atoms with E-state index in [4.69, 9.17) is 4.98 Å². The number of pyridine rings is 1. The highest BCUT2D eigenvalue weighted by atomic mass is 79.9. The number of hydrogen-bond donors (Lipinski definition) is 0. The van der Waals surface area contributed by atoms with Crippen molar-refractivity contribution in [3.05, 3.63) is 64.3 Å². The van der Waals surface area contributed by atoms with Crippen LogP contribution < -0.4 is 0 Å². The number of fused-ring (bicyclic) bond motifs is 2. The number of rotatable bonds is 1. The average molecular weight is 408 g/mol. The Morgan fingerprint density at radius 3 is 2.00 bits per heavy atom. The molecule has 0 aliphatic heterocycles. The molecular formula is C24H26BrN. The molecule has 2 aromatic carbocycles. The van der Waals surface area contributed by atoms with Crippen LogP contribution in [-0.4, -0.2) is 4.98 Å². The van der Waals surface area contributed by atoms with Gasteiger partial charge in [-0.05, 0) is 57.0 Å². The van der Waals surface area contributed by atoms with Gasteiger partial charge in [-0.3, -0.25) is 4.98 Å². The number of halogens is 1. The van der Waals surface area contributed by atoms with Gasteiger partial charge in [0.1, 0.15) is 0 Å². The van der Waals surface area contributed by atoms with Gasteiger partial charge in [-0.2, -0.15) is 0 Å². The van der Waals surface area contributed by atoms with Crippen LogP contribution in [0, 0.1) is 5.41 Å². The van der Waals surface area contributed by atoms with Crippen molar-refractivity contribution in [2.45, 2.75) is 52.4 Å². The molecule has 0 saturated heterocycles. The Kier molecular flexibility index (Phi) is 3.70. The predicted molar refractivity (Wildman–Crippen MR) is 115 cm³/mol. The van der Waals surface area contributed by atoms with E-state index in [2.05, 4.69) is 93.9 Å². The fourth-order valence-corrected chi connectivity index (χ4v) is 4.89. The molecule has 134 valence electrons. The van der Waals surface area contributed by atoms with Gasteiger partial charge in [0, 0.05) is 21.6 Å². The zero-order valence-electron chi connectivity index (χ0n) is 16.4. The Labute approximate surface area is 165 Å². The Morgan fingerprint density at radius 1 is 0.769 bits per heavy atom. The van der Waals surface area contributed by atoms with Gasteiger partial charge in [0.05, 0.1) is 5.69 Å². The molecule has 0 saturated carbocycles. The molecular weight excluding hydrogens is 382 g/mol. The van der Waals surface area contributed by atoms with Crippen LogP contribution in [0.25, 0.3) is 22.0 Å². The average Bonchev–Trinajstić information content (AvgIpc) is 2.68. The Morgan fingerprint density at radius 2 is 1.38 bits per heavy atom. The first-order valence-electron chi connectivity index (χ1n) is 9.26. The molecule has 26 heavy (non-hydrogen) atoms. The van der Waals surface area contributed by atoms with Crippen molar-refractivity contribution in [1.82, 2.24) is 4.98 Å². The first-order chi connectivity index (χ1) is 12.1. The SMILES string of the molecule is CC1(C)c2cc3cnc(-c4cccc(Br)c4)cc3cc2C(C)(C)C1(C)C. The molecule has 0 radical (unpaired) electrons. The summed E-state index contributed by atoms with van der Waals surface area (Å²) in [4.78, 5) is 4.74. The highest BCUT2D eigenvalue weighted by molar-refractivity contribution is 9.10. The van der Waals surface area contributed by atoms with Crippen LogP contribution in [0.2, 0.25) is 0 Å². The first kappa shape index (κ1) is 17.7. The fourth-order valence-electron chi connectivity index (χ4n) is 4.49. The zero-order chi connectivity index (χ0) is 18.9. The van der Waals surface area contributed by atoms with Gasteiger partial charge >= 0.3 is 0 Å². The van der Waals surface area contributed by atoms with E-state index in [0.717, 1.165) is 15.7 Å². The zero-order valence-corrected chi connectivity index (χ0v) is 18.0. The standard InChI is InChI=1S/C24H26BrN/c1-22(2)19-11-16-13-21(15-8-7-9-18(25)10-15)26-14-17(16)12-20(19)23(3,4)24(22,5)6/h7-14H,1-6H3. The van der Waals surface area contributed by atoms with Crippen molar-refractivity contribution in [1.29, 1.82) is 0 Å². The third-order valence-electron chi connectivity index (χ3n) is 7.45. The topological polar surface area (TPSA) is 12.9 Å². The van der Waals surface area contributed by atoms with Gasteiger partial charge in [-0.25, -0.2) is 0 Å². The minimum atomic E-state index is 0.124. The van der Waals surface area contributed by atoms with E-state index < -0.39 is 0 Å². The number of hydrogen-bond acceptors (Lipinski definition) is 1. The van der Waals surface area contributed by atoms with Crippen LogP contribution in [-0.2, 0) is 10.8 Å². The van der Waals surface area contributed by atoms with Crippen LogP contribution in [0.1, 0.15) is 52.7 Å². The number of nitrogens with zero attached hydrogens (tertiary/aromatic N) is 1. The van der Waals surface area contributed by atoms with Crippen LogP contribution in [0.3, 0.4) is 0 Å². The molecule has 2 heteroatoms. The van der Waals surface area contributed by atoms with Crippen LogP contribution in [0.5, 0.6) is 0 Å². The minimum absolute atomic E-state index is 0.124. The third-order valence-corrected chi connectivity index (χ3v) is 7.94. The molecule has 0 bridgehead atoms. The fraction of sp³-hybridized carbons (Fsp3) is 0.375. The smallest absolute Gasteiger partial charge is 0.0708 e. The lowest BCUT2D eigenvalue weighted by Gasteiger charge is -2.44. The Balaban J connectivity index is 1.95. The second-order valence-corrected chi connectivity index (χ2v) is 10.1. The summed E-state index contributed by atoms with van der Waals surface area (Å²) < 4.78 is 1.08. The molecule has 1 aliphatic carbocycles. The molecule has 0 fully saturated rings. The monoisotopic (exact) mass is 407 g/mol. The first-order valence-corrected chi connectivity index (χ1v) is 10.1. The van der Waals surface area contributed by atoms with Crippen molar-refractivity contribution in [2.75, 3.05) is 0 Å². The number of aromatic nitrogens is 1. The van der Waals surface area contributed by atoms with Gasteiger partial charge < -0.3 is 0 Å². The van der Waals surface area contributed by atoms with Crippen LogP contribution >= 0.6 is 15.9 Å². The molecule has 4 rings (SSSR count). The summed E-state index contributed by atoms with van der Waals surface area (Å²) in [5.41, 5.74) is 5.54. The molecule has 1 aliphatic rings. The summed E-state index contributed by atoms with van der Waals surface area (Å²) in [6, 6.07) is 15.3.